The highest BCUT2D eigenvalue weighted by Gasteiger charge is 2.46. The predicted molar refractivity (Wildman–Crippen MR) is 80.8 cm³/mol. The van der Waals surface area contributed by atoms with Crippen molar-refractivity contribution < 1.29 is 4.74 Å². The molecule has 1 aromatic carbocycles. The topological polar surface area (TPSA) is 49.9 Å². The highest BCUT2D eigenvalue weighted by molar-refractivity contribution is 5.38. The Kier molecular flexibility index (Phi) is 3.28. The van der Waals surface area contributed by atoms with E-state index in [0.717, 1.165) is 38.3 Å². The fourth-order valence-corrected chi connectivity index (χ4v) is 3.95. The highest BCUT2D eigenvalue weighted by atomic mass is 16.5. The molecule has 1 aliphatic heterocycles. The Balaban J connectivity index is 1.62. The molecular weight excluding hydrogens is 262 g/mol. The lowest BCUT2D eigenvalue weighted by atomic mass is 9.74. The Labute approximate surface area is 124 Å². The number of nitrogens with one attached hydrogen (secondary N) is 2. The van der Waals surface area contributed by atoms with Crippen LogP contribution in [0.4, 0.5) is 0 Å². The van der Waals surface area contributed by atoms with Crippen LogP contribution in [0, 0.1) is 5.41 Å². The number of ether oxygens (including phenoxy) is 1. The Morgan fingerprint density at radius 3 is 2.95 bits per heavy atom. The van der Waals surface area contributed by atoms with Gasteiger partial charge in [0.2, 0.25) is 0 Å². The molecule has 1 fully saturated rings. The van der Waals surface area contributed by atoms with E-state index in [0.29, 0.717) is 11.5 Å². The van der Waals surface area contributed by atoms with Crippen LogP contribution >= 0.6 is 0 Å². The smallest absolute Gasteiger partial charge is 0.0922 e. The van der Waals surface area contributed by atoms with E-state index in [9.17, 15) is 0 Å². The van der Waals surface area contributed by atoms with Crippen LogP contribution in [0.15, 0.2) is 36.8 Å². The van der Waals surface area contributed by atoms with E-state index in [1.54, 1.807) is 6.33 Å². The van der Waals surface area contributed by atoms with Crippen molar-refractivity contribution in [2.24, 2.45) is 5.41 Å². The van der Waals surface area contributed by atoms with Gasteiger partial charge < -0.3 is 15.0 Å². The predicted octanol–water partition coefficient (Wildman–Crippen LogP) is 2.59. The van der Waals surface area contributed by atoms with E-state index in [4.69, 9.17) is 4.74 Å². The van der Waals surface area contributed by atoms with Gasteiger partial charge >= 0.3 is 0 Å². The normalized spacial score (nSPS) is 23.3. The first-order valence-electron chi connectivity index (χ1n) is 7.74. The molecular formula is C17H21N3O. The van der Waals surface area contributed by atoms with Gasteiger partial charge in [0, 0.05) is 37.7 Å². The quantitative estimate of drug-likeness (QED) is 0.910. The molecule has 1 aliphatic carbocycles. The van der Waals surface area contributed by atoms with E-state index in [1.807, 2.05) is 6.20 Å². The molecule has 0 amide bonds. The van der Waals surface area contributed by atoms with Gasteiger partial charge in [-0.2, -0.15) is 0 Å². The first-order valence-corrected chi connectivity index (χ1v) is 7.74. The van der Waals surface area contributed by atoms with Crippen molar-refractivity contribution in [3.8, 4) is 0 Å². The highest BCUT2D eigenvalue weighted by Crippen LogP contribution is 2.51. The molecule has 2 N–H and O–H groups in total. The third kappa shape index (κ3) is 2.28. The van der Waals surface area contributed by atoms with Crippen LogP contribution < -0.4 is 5.32 Å². The standard InChI is InChI=1S/C17H21N3O/c1-2-4-15-13(3-1)9-17(5-7-21-8-6-17)16(15)19-11-14-10-18-12-20-14/h1-4,10,12,16,19H,5-9,11H2,(H,18,20). The average Bonchev–Trinajstić information content (AvgIpc) is 3.12. The van der Waals surface area contributed by atoms with Gasteiger partial charge in [0.1, 0.15) is 0 Å². The molecule has 21 heavy (non-hydrogen) atoms. The fraction of sp³-hybridized carbons (Fsp3) is 0.471. The van der Waals surface area contributed by atoms with Crippen molar-refractivity contribution in [1.82, 2.24) is 15.3 Å². The Morgan fingerprint density at radius 1 is 1.29 bits per heavy atom. The van der Waals surface area contributed by atoms with Gasteiger partial charge in [0.05, 0.1) is 6.33 Å². The Hall–Kier alpha value is -1.65. The SMILES string of the molecule is c1ccc2c(c1)CC1(CCOCC1)C2NCc1cnc[nH]1. The van der Waals surface area contributed by atoms with Gasteiger partial charge in [0.15, 0.2) is 0 Å². The van der Waals surface area contributed by atoms with E-state index < -0.39 is 0 Å². The van der Waals surface area contributed by atoms with Crippen LogP contribution in [-0.2, 0) is 17.7 Å². The van der Waals surface area contributed by atoms with Crippen LogP contribution in [0.2, 0.25) is 0 Å². The first-order chi connectivity index (χ1) is 10.4. The van der Waals surface area contributed by atoms with Crippen molar-refractivity contribution >= 4 is 0 Å². The van der Waals surface area contributed by atoms with E-state index in [1.165, 1.54) is 17.5 Å². The molecule has 2 heterocycles. The van der Waals surface area contributed by atoms with E-state index in [-0.39, 0.29) is 0 Å². The van der Waals surface area contributed by atoms with E-state index >= 15 is 0 Å². The van der Waals surface area contributed by atoms with Crippen LogP contribution in [0.5, 0.6) is 0 Å². The summed E-state index contributed by atoms with van der Waals surface area (Å²) in [5.41, 5.74) is 4.43. The molecule has 110 valence electrons. The second-order valence-corrected chi connectivity index (χ2v) is 6.24. The molecule has 1 atom stereocenters. The van der Waals surface area contributed by atoms with Crippen LogP contribution in [-0.4, -0.2) is 23.2 Å². The Bertz CT molecular complexity index is 602. The minimum Gasteiger partial charge on any atom is -0.381 e. The average molecular weight is 283 g/mol. The van der Waals surface area contributed by atoms with Crippen molar-refractivity contribution in [1.29, 1.82) is 0 Å². The summed E-state index contributed by atoms with van der Waals surface area (Å²) in [6.45, 7) is 2.61. The van der Waals surface area contributed by atoms with Crippen molar-refractivity contribution in [3.05, 3.63) is 53.6 Å². The lowest BCUT2D eigenvalue weighted by Crippen LogP contribution is -2.39. The van der Waals surface area contributed by atoms with Crippen molar-refractivity contribution in [3.63, 3.8) is 0 Å². The van der Waals surface area contributed by atoms with Gasteiger partial charge in [-0.1, -0.05) is 24.3 Å². The number of hydrogen-bond acceptors (Lipinski definition) is 3. The lowest BCUT2D eigenvalue weighted by Gasteiger charge is -2.39. The molecule has 0 saturated carbocycles. The summed E-state index contributed by atoms with van der Waals surface area (Å²) < 4.78 is 5.61. The number of H-pyrrole nitrogens is 1. The van der Waals surface area contributed by atoms with Crippen molar-refractivity contribution in [2.75, 3.05) is 13.2 Å². The number of hydrogen-bond donors (Lipinski definition) is 2. The number of fused-ring (bicyclic) bond motifs is 1. The molecule has 4 heteroatoms. The molecule has 0 radical (unpaired) electrons. The summed E-state index contributed by atoms with van der Waals surface area (Å²) in [5, 5.41) is 3.77. The molecule has 2 aromatic rings. The maximum absolute atomic E-state index is 5.61. The molecule has 1 saturated heterocycles. The van der Waals surface area contributed by atoms with Gasteiger partial charge in [-0.3, -0.25) is 0 Å². The monoisotopic (exact) mass is 283 g/mol. The zero-order chi connectivity index (χ0) is 14.1. The van der Waals surface area contributed by atoms with Gasteiger partial charge in [-0.25, -0.2) is 4.98 Å². The van der Waals surface area contributed by atoms with Gasteiger partial charge in [-0.15, -0.1) is 0 Å². The molecule has 1 aromatic heterocycles. The molecule has 0 bridgehead atoms. The summed E-state index contributed by atoms with van der Waals surface area (Å²) >= 11 is 0. The fourth-order valence-electron chi connectivity index (χ4n) is 3.95. The van der Waals surface area contributed by atoms with Gasteiger partial charge in [0.25, 0.3) is 0 Å². The second kappa shape index (κ2) is 5.28. The number of imidazole rings is 1. The number of nitrogens with zero attached hydrogens (tertiary/aromatic N) is 1. The van der Waals surface area contributed by atoms with Crippen LogP contribution in [0.25, 0.3) is 0 Å². The summed E-state index contributed by atoms with van der Waals surface area (Å²) in [4.78, 5) is 7.28. The van der Waals surface area contributed by atoms with E-state index in [2.05, 4.69) is 39.6 Å². The Morgan fingerprint density at radius 2 is 2.14 bits per heavy atom. The number of rotatable bonds is 3. The third-order valence-corrected chi connectivity index (χ3v) is 5.06. The summed E-state index contributed by atoms with van der Waals surface area (Å²) in [7, 11) is 0. The maximum Gasteiger partial charge on any atom is 0.0922 e. The van der Waals surface area contributed by atoms with Crippen molar-refractivity contribution in [2.45, 2.75) is 31.8 Å². The number of aromatic nitrogens is 2. The largest absolute Gasteiger partial charge is 0.381 e. The summed E-state index contributed by atoms with van der Waals surface area (Å²) in [5.74, 6) is 0. The van der Waals surface area contributed by atoms with Crippen LogP contribution in [0.1, 0.15) is 35.7 Å². The molecule has 1 unspecified atom stereocenters. The third-order valence-electron chi connectivity index (χ3n) is 5.06. The molecule has 1 spiro atoms. The second-order valence-electron chi connectivity index (χ2n) is 6.24. The zero-order valence-corrected chi connectivity index (χ0v) is 12.1. The van der Waals surface area contributed by atoms with Gasteiger partial charge in [-0.05, 0) is 35.8 Å². The maximum atomic E-state index is 5.61. The van der Waals surface area contributed by atoms with Crippen LogP contribution in [0.3, 0.4) is 0 Å². The summed E-state index contributed by atoms with van der Waals surface area (Å²) in [6, 6.07) is 9.29. The number of aromatic amines is 1. The molecule has 4 nitrogen and oxygen atoms in total. The lowest BCUT2D eigenvalue weighted by molar-refractivity contribution is -0.000273. The first kappa shape index (κ1) is 13.0. The molecule has 4 rings (SSSR count). The minimum absolute atomic E-state index is 0.321. The zero-order valence-electron chi connectivity index (χ0n) is 12.1. The molecule has 2 aliphatic rings. The number of benzene rings is 1. The summed E-state index contributed by atoms with van der Waals surface area (Å²) in [6.07, 6.45) is 7.09. The minimum atomic E-state index is 0.321.